The lowest BCUT2D eigenvalue weighted by Crippen LogP contribution is -2.38. The normalized spacial score (nSPS) is 14.7. The van der Waals surface area contributed by atoms with Gasteiger partial charge in [0.1, 0.15) is 6.04 Å². The van der Waals surface area contributed by atoms with Crippen molar-refractivity contribution < 1.29 is 9.53 Å². The van der Waals surface area contributed by atoms with Crippen LogP contribution in [0.1, 0.15) is 33.6 Å². The highest BCUT2D eigenvalue weighted by atomic mass is 32.2. The summed E-state index contributed by atoms with van der Waals surface area (Å²) in [5, 5.41) is 3.87. The van der Waals surface area contributed by atoms with Crippen LogP contribution in [0.2, 0.25) is 0 Å². The molecule has 15 heavy (non-hydrogen) atoms. The van der Waals surface area contributed by atoms with E-state index in [1.54, 1.807) is 0 Å². The lowest BCUT2D eigenvalue weighted by Gasteiger charge is -2.16. The Morgan fingerprint density at radius 1 is 1.47 bits per heavy atom. The maximum atomic E-state index is 11.4. The van der Waals surface area contributed by atoms with E-state index < -0.39 is 0 Å². The predicted molar refractivity (Wildman–Crippen MR) is 66.3 cm³/mol. The first-order valence-corrected chi connectivity index (χ1v) is 6.87. The number of ether oxygens (including phenoxy) is 1. The van der Waals surface area contributed by atoms with E-state index in [1.807, 2.05) is 25.6 Å². The largest absolute Gasteiger partial charge is 0.465 e. The van der Waals surface area contributed by atoms with Gasteiger partial charge in [-0.1, -0.05) is 13.8 Å². The molecule has 0 saturated carbocycles. The molecule has 2 atom stereocenters. The molecule has 4 heteroatoms. The zero-order valence-corrected chi connectivity index (χ0v) is 11.0. The molecule has 0 heterocycles. The number of hydrogen-bond acceptors (Lipinski definition) is 4. The summed E-state index contributed by atoms with van der Waals surface area (Å²) >= 11 is 1.85. The van der Waals surface area contributed by atoms with Crippen LogP contribution in [0.15, 0.2) is 0 Å². The SMILES string of the molecule is CCOC(=O)C(CC)NCCC(C)SC. The fraction of sp³-hybridized carbons (Fsp3) is 0.909. The quantitative estimate of drug-likeness (QED) is 0.651. The summed E-state index contributed by atoms with van der Waals surface area (Å²) < 4.78 is 4.97. The standard InChI is InChI=1S/C11H23NO2S/c1-5-10(11(13)14-6-2)12-8-7-9(3)15-4/h9-10,12H,5-8H2,1-4H3. The Morgan fingerprint density at radius 2 is 2.13 bits per heavy atom. The molecule has 0 aromatic heterocycles. The molecular weight excluding hydrogens is 210 g/mol. The second kappa shape index (κ2) is 9.04. The smallest absolute Gasteiger partial charge is 0.323 e. The molecule has 0 fully saturated rings. The molecule has 0 rings (SSSR count). The number of nitrogens with one attached hydrogen (secondary N) is 1. The van der Waals surface area contributed by atoms with Crippen LogP contribution in [-0.2, 0) is 9.53 Å². The van der Waals surface area contributed by atoms with Gasteiger partial charge in [0.25, 0.3) is 0 Å². The van der Waals surface area contributed by atoms with E-state index in [9.17, 15) is 4.79 Å². The third kappa shape index (κ3) is 6.79. The minimum Gasteiger partial charge on any atom is -0.465 e. The summed E-state index contributed by atoms with van der Waals surface area (Å²) in [5.41, 5.74) is 0. The highest BCUT2D eigenvalue weighted by molar-refractivity contribution is 7.99. The van der Waals surface area contributed by atoms with Crippen molar-refractivity contribution in [3.63, 3.8) is 0 Å². The van der Waals surface area contributed by atoms with E-state index in [0.29, 0.717) is 11.9 Å². The molecule has 3 nitrogen and oxygen atoms in total. The van der Waals surface area contributed by atoms with Crippen molar-refractivity contribution in [2.45, 2.75) is 44.9 Å². The zero-order chi connectivity index (χ0) is 11.7. The summed E-state index contributed by atoms with van der Waals surface area (Å²) in [5.74, 6) is -0.128. The molecule has 0 radical (unpaired) electrons. The molecule has 0 aromatic carbocycles. The Labute approximate surface area is 97.3 Å². The molecule has 0 bridgehead atoms. The first kappa shape index (κ1) is 14.8. The van der Waals surface area contributed by atoms with E-state index in [0.717, 1.165) is 19.4 Å². The summed E-state index contributed by atoms with van der Waals surface area (Å²) in [6.07, 6.45) is 3.97. The van der Waals surface area contributed by atoms with Crippen molar-refractivity contribution in [1.82, 2.24) is 5.32 Å². The number of esters is 1. The lowest BCUT2D eigenvalue weighted by atomic mass is 10.2. The third-order valence-corrected chi connectivity index (χ3v) is 3.36. The zero-order valence-electron chi connectivity index (χ0n) is 10.2. The van der Waals surface area contributed by atoms with Gasteiger partial charge in [-0.25, -0.2) is 0 Å². The van der Waals surface area contributed by atoms with Crippen LogP contribution in [0.4, 0.5) is 0 Å². The fourth-order valence-corrected chi connectivity index (χ4v) is 1.57. The average Bonchev–Trinajstić information content (AvgIpc) is 2.24. The summed E-state index contributed by atoms with van der Waals surface area (Å²) in [4.78, 5) is 11.4. The molecular formula is C11H23NO2S. The number of carbonyl (C=O) groups excluding carboxylic acids is 1. The second-order valence-corrected chi connectivity index (χ2v) is 4.78. The number of rotatable bonds is 8. The number of hydrogen-bond donors (Lipinski definition) is 1. The Bertz CT molecular complexity index is 176. The molecule has 90 valence electrons. The van der Waals surface area contributed by atoms with Gasteiger partial charge < -0.3 is 10.1 Å². The maximum absolute atomic E-state index is 11.4. The van der Waals surface area contributed by atoms with E-state index in [2.05, 4.69) is 18.5 Å². The molecule has 0 saturated heterocycles. The molecule has 0 aromatic rings. The third-order valence-electron chi connectivity index (χ3n) is 2.32. The van der Waals surface area contributed by atoms with E-state index in [1.165, 1.54) is 0 Å². The van der Waals surface area contributed by atoms with Gasteiger partial charge in [-0.15, -0.1) is 0 Å². The number of carbonyl (C=O) groups is 1. The molecule has 0 spiro atoms. The summed E-state index contributed by atoms with van der Waals surface area (Å²) in [6, 6.07) is -0.140. The fourth-order valence-electron chi connectivity index (χ4n) is 1.22. The van der Waals surface area contributed by atoms with Gasteiger partial charge in [0.05, 0.1) is 6.61 Å². The molecule has 0 amide bonds. The predicted octanol–water partition coefficient (Wildman–Crippen LogP) is 2.06. The average molecular weight is 233 g/mol. The van der Waals surface area contributed by atoms with E-state index in [4.69, 9.17) is 4.74 Å². The second-order valence-electron chi connectivity index (χ2n) is 3.50. The van der Waals surface area contributed by atoms with Crippen molar-refractivity contribution >= 4 is 17.7 Å². The Kier molecular flexibility index (Phi) is 8.91. The topological polar surface area (TPSA) is 38.3 Å². The van der Waals surface area contributed by atoms with Crippen molar-refractivity contribution in [2.75, 3.05) is 19.4 Å². The van der Waals surface area contributed by atoms with Crippen molar-refractivity contribution in [3.8, 4) is 0 Å². The van der Waals surface area contributed by atoms with Gasteiger partial charge in [0, 0.05) is 5.25 Å². The minimum absolute atomic E-state index is 0.128. The van der Waals surface area contributed by atoms with Crippen molar-refractivity contribution in [2.24, 2.45) is 0 Å². The Morgan fingerprint density at radius 3 is 2.60 bits per heavy atom. The van der Waals surface area contributed by atoms with Gasteiger partial charge in [0.2, 0.25) is 0 Å². The van der Waals surface area contributed by atoms with Crippen LogP contribution in [-0.4, -0.2) is 36.7 Å². The van der Waals surface area contributed by atoms with Gasteiger partial charge >= 0.3 is 5.97 Å². The van der Waals surface area contributed by atoms with Crippen LogP contribution >= 0.6 is 11.8 Å². The first-order chi connectivity index (χ1) is 7.15. The molecule has 1 N–H and O–H groups in total. The monoisotopic (exact) mass is 233 g/mol. The van der Waals surface area contributed by atoms with Gasteiger partial charge in [-0.2, -0.15) is 11.8 Å². The van der Waals surface area contributed by atoms with Crippen LogP contribution < -0.4 is 5.32 Å². The van der Waals surface area contributed by atoms with Gasteiger partial charge in [-0.3, -0.25) is 4.79 Å². The molecule has 0 aliphatic carbocycles. The Balaban J connectivity index is 3.74. The highest BCUT2D eigenvalue weighted by Crippen LogP contribution is 2.08. The Hall–Kier alpha value is -0.220. The lowest BCUT2D eigenvalue weighted by molar-refractivity contribution is -0.145. The van der Waals surface area contributed by atoms with Crippen LogP contribution in [0.25, 0.3) is 0 Å². The maximum Gasteiger partial charge on any atom is 0.323 e. The van der Waals surface area contributed by atoms with Crippen LogP contribution in [0.3, 0.4) is 0 Å². The minimum atomic E-state index is -0.140. The summed E-state index contributed by atoms with van der Waals surface area (Å²) in [7, 11) is 0. The van der Waals surface area contributed by atoms with Crippen molar-refractivity contribution in [3.05, 3.63) is 0 Å². The van der Waals surface area contributed by atoms with Crippen LogP contribution in [0.5, 0.6) is 0 Å². The van der Waals surface area contributed by atoms with Crippen LogP contribution in [0, 0.1) is 0 Å². The molecule has 0 aliphatic rings. The van der Waals surface area contributed by atoms with Crippen molar-refractivity contribution in [1.29, 1.82) is 0 Å². The van der Waals surface area contributed by atoms with E-state index in [-0.39, 0.29) is 12.0 Å². The molecule has 0 aliphatic heterocycles. The number of thioether (sulfide) groups is 1. The molecule has 2 unspecified atom stereocenters. The van der Waals surface area contributed by atoms with E-state index >= 15 is 0 Å². The summed E-state index contributed by atoms with van der Waals surface area (Å²) in [6.45, 7) is 7.35. The highest BCUT2D eigenvalue weighted by Gasteiger charge is 2.16. The van der Waals surface area contributed by atoms with Gasteiger partial charge in [-0.05, 0) is 32.6 Å². The first-order valence-electron chi connectivity index (χ1n) is 5.58. The van der Waals surface area contributed by atoms with Gasteiger partial charge in [0.15, 0.2) is 0 Å².